The maximum atomic E-state index is 12.4. The number of likely N-dealkylation sites (tertiary alicyclic amines) is 1. The fraction of sp³-hybridized carbons (Fsp3) is 0.533. The number of hydrogen-bond acceptors (Lipinski definition) is 5. The molecule has 7 heteroatoms. The number of carbonyl (C=O) groups is 1. The van der Waals surface area contributed by atoms with Gasteiger partial charge >= 0.3 is 0 Å². The van der Waals surface area contributed by atoms with Crippen LogP contribution in [0.4, 0.5) is 5.69 Å². The average molecular weight is 306 g/mol. The lowest BCUT2D eigenvalue weighted by atomic mass is 9.80. The molecule has 118 valence electrons. The molecule has 0 N–H and O–H groups in total. The number of hydrogen-bond donors (Lipinski definition) is 0. The number of nitro benzene ring substituents is 1. The molecule has 1 aromatic rings. The van der Waals surface area contributed by atoms with Crippen molar-refractivity contribution in [2.24, 2.45) is 5.41 Å². The molecule has 22 heavy (non-hydrogen) atoms. The predicted octanol–water partition coefficient (Wildman–Crippen LogP) is 1.82. The Balaban J connectivity index is 1.64. The second-order valence-electron chi connectivity index (χ2n) is 6.45. The highest BCUT2D eigenvalue weighted by Crippen LogP contribution is 2.38. The molecular weight excluding hydrogens is 288 g/mol. The fourth-order valence-corrected chi connectivity index (χ4v) is 2.76. The lowest BCUT2D eigenvalue weighted by Gasteiger charge is -2.54. The van der Waals surface area contributed by atoms with Gasteiger partial charge in [0.15, 0.2) is 5.79 Å². The van der Waals surface area contributed by atoms with Gasteiger partial charge in [-0.15, -0.1) is 0 Å². The molecule has 0 atom stereocenters. The first-order valence-corrected chi connectivity index (χ1v) is 7.12. The van der Waals surface area contributed by atoms with E-state index < -0.39 is 10.7 Å². The van der Waals surface area contributed by atoms with Crippen molar-refractivity contribution in [1.82, 2.24) is 4.90 Å². The Morgan fingerprint density at radius 3 is 2.50 bits per heavy atom. The topological polar surface area (TPSA) is 81.9 Å². The zero-order chi connectivity index (χ0) is 16.0. The first-order chi connectivity index (χ1) is 10.3. The minimum absolute atomic E-state index is 0.0767. The Morgan fingerprint density at radius 1 is 1.27 bits per heavy atom. The summed E-state index contributed by atoms with van der Waals surface area (Å²) in [5.41, 5.74) is 0.112. The summed E-state index contributed by atoms with van der Waals surface area (Å²) >= 11 is 0. The summed E-state index contributed by atoms with van der Waals surface area (Å²) in [6.07, 6.45) is 0. The maximum Gasteiger partial charge on any atom is 0.270 e. The van der Waals surface area contributed by atoms with Gasteiger partial charge in [0, 0.05) is 30.8 Å². The number of rotatable bonds is 2. The van der Waals surface area contributed by atoms with Crippen LogP contribution in [-0.2, 0) is 9.47 Å². The Labute approximate surface area is 128 Å². The van der Waals surface area contributed by atoms with Crippen molar-refractivity contribution in [3.8, 4) is 0 Å². The fourth-order valence-electron chi connectivity index (χ4n) is 2.76. The van der Waals surface area contributed by atoms with Crippen molar-refractivity contribution in [3.05, 3.63) is 39.9 Å². The molecule has 2 fully saturated rings. The standard InChI is InChI=1S/C15H18N2O5/c1-14(2)21-9-15(10-22-14)7-16(8-15)13(18)11-4-3-5-12(6-11)17(19)20/h3-6H,7-10H2,1-2H3. The molecule has 1 amide bonds. The number of amides is 1. The summed E-state index contributed by atoms with van der Waals surface area (Å²) in [5.74, 6) is -0.769. The van der Waals surface area contributed by atoms with Crippen LogP contribution in [0.3, 0.4) is 0 Å². The average Bonchev–Trinajstić information content (AvgIpc) is 2.45. The molecule has 2 saturated heterocycles. The Bertz CT molecular complexity index is 610. The number of benzene rings is 1. The lowest BCUT2D eigenvalue weighted by Crippen LogP contribution is -2.65. The van der Waals surface area contributed by atoms with E-state index >= 15 is 0 Å². The molecule has 2 heterocycles. The van der Waals surface area contributed by atoms with E-state index in [1.807, 2.05) is 13.8 Å². The van der Waals surface area contributed by atoms with Gasteiger partial charge in [-0.05, 0) is 19.9 Å². The summed E-state index contributed by atoms with van der Waals surface area (Å²) < 4.78 is 11.3. The van der Waals surface area contributed by atoms with E-state index in [0.29, 0.717) is 31.9 Å². The van der Waals surface area contributed by atoms with Crippen LogP contribution < -0.4 is 0 Å². The maximum absolute atomic E-state index is 12.4. The molecule has 0 bridgehead atoms. The molecule has 1 aromatic carbocycles. The highest BCUT2D eigenvalue weighted by molar-refractivity contribution is 5.95. The normalized spacial score (nSPS) is 22.2. The largest absolute Gasteiger partial charge is 0.350 e. The number of nitro groups is 1. The van der Waals surface area contributed by atoms with E-state index in [9.17, 15) is 14.9 Å². The van der Waals surface area contributed by atoms with Crippen LogP contribution in [0.5, 0.6) is 0 Å². The van der Waals surface area contributed by atoms with Crippen molar-refractivity contribution < 1.29 is 19.2 Å². The van der Waals surface area contributed by atoms with Gasteiger partial charge in [0.05, 0.1) is 23.6 Å². The summed E-state index contributed by atoms with van der Waals surface area (Å²) in [4.78, 5) is 24.3. The second kappa shape index (κ2) is 5.03. The summed E-state index contributed by atoms with van der Waals surface area (Å²) in [7, 11) is 0. The second-order valence-corrected chi connectivity index (χ2v) is 6.45. The number of nitrogens with zero attached hydrogens (tertiary/aromatic N) is 2. The van der Waals surface area contributed by atoms with E-state index in [1.165, 1.54) is 18.2 Å². The van der Waals surface area contributed by atoms with Gasteiger partial charge in [-0.1, -0.05) is 6.07 Å². The highest BCUT2D eigenvalue weighted by Gasteiger charge is 2.50. The zero-order valence-electron chi connectivity index (χ0n) is 12.6. The van der Waals surface area contributed by atoms with Crippen molar-refractivity contribution in [2.45, 2.75) is 19.6 Å². The van der Waals surface area contributed by atoms with Gasteiger partial charge in [0.25, 0.3) is 11.6 Å². The highest BCUT2D eigenvalue weighted by atomic mass is 16.7. The van der Waals surface area contributed by atoms with Gasteiger partial charge in [0.2, 0.25) is 0 Å². The number of carbonyl (C=O) groups excluding carboxylic acids is 1. The zero-order valence-corrected chi connectivity index (χ0v) is 12.6. The molecule has 0 saturated carbocycles. The minimum atomic E-state index is -0.574. The SMILES string of the molecule is CC1(C)OCC2(CO1)CN(C(=O)c1cccc([N+](=O)[O-])c1)C2. The Morgan fingerprint density at radius 2 is 1.91 bits per heavy atom. The predicted molar refractivity (Wildman–Crippen MR) is 77.4 cm³/mol. The smallest absolute Gasteiger partial charge is 0.270 e. The molecule has 2 aliphatic rings. The van der Waals surface area contributed by atoms with Crippen molar-refractivity contribution in [3.63, 3.8) is 0 Å². The molecule has 0 unspecified atom stereocenters. The first kappa shape index (κ1) is 14.9. The van der Waals surface area contributed by atoms with Crippen LogP contribution in [0.25, 0.3) is 0 Å². The van der Waals surface area contributed by atoms with Crippen LogP contribution in [0.15, 0.2) is 24.3 Å². The van der Waals surface area contributed by atoms with E-state index in [2.05, 4.69) is 0 Å². The monoisotopic (exact) mass is 306 g/mol. The summed E-state index contributed by atoms with van der Waals surface area (Å²) in [6.45, 7) is 5.93. The van der Waals surface area contributed by atoms with Crippen molar-refractivity contribution in [1.29, 1.82) is 0 Å². The number of non-ortho nitro benzene ring substituents is 1. The van der Waals surface area contributed by atoms with Gasteiger partial charge in [0.1, 0.15) is 0 Å². The molecule has 7 nitrogen and oxygen atoms in total. The molecular formula is C15H18N2O5. The van der Waals surface area contributed by atoms with Gasteiger partial charge in [-0.2, -0.15) is 0 Å². The summed E-state index contributed by atoms with van der Waals surface area (Å²) in [5, 5.41) is 10.8. The van der Waals surface area contributed by atoms with E-state index in [0.717, 1.165) is 0 Å². The van der Waals surface area contributed by atoms with Crippen molar-refractivity contribution >= 4 is 11.6 Å². The molecule has 0 aromatic heterocycles. The molecule has 0 aliphatic carbocycles. The molecule has 1 spiro atoms. The van der Waals surface area contributed by atoms with Gasteiger partial charge in [-0.3, -0.25) is 14.9 Å². The minimum Gasteiger partial charge on any atom is -0.350 e. The molecule has 0 radical (unpaired) electrons. The van der Waals surface area contributed by atoms with Crippen LogP contribution in [0.2, 0.25) is 0 Å². The van der Waals surface area contributed by atoms with Crippen LogP contribution >= 0.6 is 0 Å². The first-order valence-electron chi connectivity index (χ1n) is 7.12. The van der Waals surface area contributed by atoms with E-state index in [4.69, 9.17) is 9.47 Å². The number of ether oxygens (including phenoxy) is 2. The third kappa shape index (κ3) is 2.69. The van der Waals surface area contributed by atoms with Gasteiger partial charge < -0.3 is 14.4 Å². The molecule has 3 rings (SSSR count). The Kier molecular flexibility index (Phi) is 3.41. The summed E-state index contributed by atoms with van der Waals surface area (Å²) in [6, 6.07) is 5.80. The molecule has 2 aliphatic heterocycles. The van der Waals surface area contributed by atoms with Crippen LogP contribution in [-0.4, -0.2) is 47.8 Å². The van der Waals surface area contributed by atoms with E-state index in [-0.39, 0.29) is 17.0 Å². The van der Waals surface area contributed by atoms with Crippen LogP contribution in [0, 0.1) is 15.5 Å². The van der Waals surface area contributed by atoms with Crippen LogP contribution in [0.1, 0.15) is 24.2 Å². The third-order valence-corrected chi connectivity index (χ3v) is 4.10. The third-order valence-electron chi connectivity index (χ3n) is 4.10. The van der Waals surface area contributed by atoms with Crippen molar-refractivity contribution in [2.75, 3.05) is 26.3 Å². The van der Waals surface area contributed by atoms with Gasteiger partial charge in [-0.25, -0.2) is 0 Å². The lowest BCUT2D eigenvalue weighted by molar-refractivity contribution is -0.384. The Hall–Kier alpha value is -1.99. The quantitative estimate of drug-likeness (QED) is 0.615. The van der Waals surface area contributed by atoms with E-state index in [1.54, 1.807) is 11.0 Å².